The van der Waals surface area contributed by atoms with E-state index in [-0.39, 0.29) is 5.97 Å². The van der Waals surface area contributed by atoms with Crippen LogP contribution in [0, 0.1) is 0 Å². The van der Waals surface area contributed by atoms with Gasteiger partial charge in [0.15, 0.2) is 0 Å². The minimum atomic E-state index is -3.06. The van der Waals surface area contributed by atoms with Crippen LogP contribution >= 0.6 is 0 Å². The zero-order chi connectivity index (χ0) is 14.6. The molecule has 0 aliphatic heterocycles. The van der Waals surface area contributed by atoms with E-state index in [1.54, 1.807) is 6.92 Å². The van der Waals surface area contributed by atoms with E-state index in [1.807, 2.05) is 0 Å². The normalized spacial score (nSPS) is 11.5. The molecular formula is C12H26N2O4S. The first-order valence-electron chi connectivity index (χ1n) is 6.76. The number of esters is 1. The molecule has 0 atom stereocenters. The molecule has 0 rings (SSSR count). The maximum Gasteiger partial charge on any atom is 0.305 e. The molecule has 0 unspecified atom stereocenters. The molecule has 19 heavy (non-hydrogen) atoms. The van der Waals surface area contributed by atoms with Gasteiger partial charge in [-0.25, -0.2) is 13.1 Å². The van der Waals surface area contributed by atoms with Gasteiger partial charge >= 0.3 is 5.97 Å². The van der Waals surface area contributed by atoms with Crippen LogP contribution in [0.2, 0.25) is 0 Å². The number of carbonyl (C=O) groups is 1. The quantitative estimate of drug-likeness (QED) is 0.407. The lowest BCUT2D eigenvalue weighted by Crippen LogP contribution is -2.26. The van der Waals surface area contributed by atoms with E-state index in [2.05, 4.69) is 10.0 Å². The predicted molar refractivity (Wildman–Crippen MR) is 75.4 cm³/mol. The monoisotopic (exact) mass is 294 g/mol. The molecule has 0 saturated heterocycles. The maximum atomic E-state index is 11.0. The zero-order valence-corrected chi connectivity index (χ0v) is 12.7. The smallest absolute Gasteiger partial charge is 0.305 e. The molecule has 0 bridgehead atoms. The molecule has 7 heteroatoms. The van der Waals surface area contributed by atoms with Gasteiger partial charge in [-0.15, -0.1) is 0 Å². The van der Waals surface area contributed by atoms with Gasteiger partial charge in [0.25, 0.3) is 0 Å². The molecule has 0 aromatic carbocycles. The Morgan fingerprint density at radius 3 is 2.37 bits per heavy atom. The highest BCUT2D eigenvalue weighted by atomic mass is 32.2. The Kier molecular flexibility index (Phi) is 10.8. The van der Waals surface area contributed by atoms with Gasteiger partial charge in [0.05, 0.1) is 12.9 Å². The van der Waals surface area contributed by atoms with Crippen LogP contribution in [0.3, 0.4) is 0 Å². The van der Waals surface area contributed by atoms with Gasteiger partial charge in [0.1, 0.15) is 0 Å². The third-order valence-corrected chi connectivity index (χ3v) is 3.16. The average molecular weight is 294 g/mol. The minimum absolute atomic E-state index is 0.123. The first-order chi connectivity index (χ1) is 8.95. The molecule has 2 N–H and O–H groups in total. The Morgan fingerprint density at radius 2 is 1.74 bits per heavy atom. The molecule has 6 nitrogen and oxygen atoms in total. The second-order valence-electron chi connectivity index (χ2n) is 4.39. The van der Waals surface area contributed by atoms with E-state index in [4.69, 9.17) is 4.74 Å². The lowest BCUT2D eigenvalue weighted by molar-refractivity contribution is -0.143. The van der Waals surface area contributed by atoms with Crippen LogP contribution in [0.25, 0.3) is 0 Å². The molecule has 0 fully saturated rings. The van der Waals surface area contributed by atoms with Crippen LogP contribution in [0.5, 0.6) is 0 Å². The fourth-order valence-corrected chi connectivity index (χ4v) is 2.04. The van der Waals surface area contributed by atoms with Crippen LogP contribution in [0.1, 0.15) is 39.0 Å². The van der Waals surface area contributed by atoms with Gasteiger partial charge < -0.3 is 10.1 Å². The van der Waals surface area contributed by atoms with Crippen LogP contribution in [0.15, 0.2) is 0 Å². The van der Waals surface area contributed by atoms with Gasteiger partial charge in [-0.1, -0.05) is 6.42 Å². The molecule has 0 aromatic rings. The van der Waals surface area contributed by atoms with Crippen molar-refractivity contribution in [1.29, 1.82) is 0 Å². The van der Waals surface area contributed by atoms with Crippen LogP contribution in [-0.2, 0) is 19.6 Å². The Bertz CT molecular complexity index is 331. The van der Waals surface area contributed by atoms with Crippen molar-refractivity contribution in [1.82, 2.24) is 10.0 Å². The highest BCUT2D eigenvalue weighted by molar-refractivity contribution is 7.88. The summed E-state index contributed by atoms with van der Waals surface area (Å²) < 4.78 is 28.8. The van der Waals surface area contributed by atoms with Crippen molar-refractivity contribution in [2.45, 2.75) is 39.0 Å². The minimum Gasteiger partial charge on any atom is -0.466 e. The molecular weight excluding hydrogens is 268 g/mol. The van der Waals surface area contributed by atoms with Gasteiger partial charge in [-0.2, -0.15) is 0 Å². The van der Waals surface area contributed by atoms with Gasteiger partial charge in [0.2, 0.25) is 10.0 Å². The Labute approximate surface area is 116 Å². The zero-order valence-electron chi connectivity index (χ0n) is 11.9. The van der Waals surface area contributed by atoms with E-state index < -0.39 is 10.0 Å². The topological polar surface area (TPSA) is 84.5 Å². The fourth-order valence-electron chi connectivity index (χ4n) is 1.53. The molecule has 0 aliphatic rings. The second-order valence-corrected chi connectivity index (χ2v) is 6.22. The van der Waals surface area contributed by atoms with Gasteiger partial charge in [-0.05, 0) is 39.3 Å². The van der Waals surface area contributed by atoms with Crippen molar-refractivity contribution in [3.63, 3.8) is 0 Å². The Morgan fingerprint density at radius 1 is 1.05 bits per heavy atom. The number of unbranched alkanes of at least 4 members (excludes halogenated alkanes) is 2. The molecule has 0 aromatic heterocycles. The summed E-state index contributed by atoms with van der Waals surface area (Å²) in [5, 5.41) is 3.23. The number of ether oxygens (including phenoxy) is 1. The highest BCUT2D eigenvalue weighted by Gasteiger charge is 2.00. The number of hydrogen-bond donors (Lipinski definition) is 2. The number of hydrogen-bond acceptors (Lipinski definition) is 5. The second kappa shape index (κ2) is 11.2. The summed E-state index contributed by atoms with van der Waals surface area (Å²) >= 11 is 0. The molecule has 0 radical (unpaired) electrons. The summed E-state index contributed by atoms with van der Waals surface area (Å²) in [5.74, 6) is -0.123. The molecule has 0 amide bonds. The Hall–Kier alpha value is -0.660. The van der Waals surface area contributed by atoms with Crippen molar-refractivity contribution in [3.05, 3.63) is 0 Å². The van der Waals surface area contributed by atoms with E-state index in [0.717, 1.165) is 45.0 Å². The molecule has 0 saturated carbocycles. The van der Waals surface area contributed by atoms with E-state index in [0.29, 0.717) is 19.6 Å². The van der Waals surface area contributed by atoms with Crippen molar-refractivity contribution in [2.24, 2.45) is 0 Å². The third kappa shape index (κ3) is 15.3. The van der Waals surface area contributed by atoms with E-state index in [1.165, 1.54) is 0 Å². The van der Waals surface area contributed by atoms with Crippen molar-refractivity contribution < 1.29 is 17.9 Å². The summed E-state index contributed by atoms with van der Waals surface area (Å²) in [6, 6.07) is 0. The van der Waals surface area contributed by atoms with E-state index in [9.17, 15) is 13.2 Å². The third-order valence-electron chi connectivity index (χ3n) is 2.43. The lowest BCUT2D eigenvalue weighted by atomic mass is 10.2. The standard InChI is InChI=1S/C12H26N2O4S/c1-3-18-12(15)8-5-4-6-9-13-10-7-11-14-19(2,16)17/h13-14H,3-11H2,1-2H3. The first kappa shape index (κ1) is 18.3. The predicted octanol–water partition coefficient (Wildman–Crippen LogP) is 0.639. The number of nitrogens with one attached hydrogen (secondary N) is 2. The van der Waals surface area contributed by atoms with Gasteiger partial charge in [-0.3, -0.25) is 4.79 Å². The van der Waals surface area contributed by atoms with E-state index >= 15 is 0 Å². The van der Waals surface area contributed by atoms with Crippen LogP contribution in [-0.4, -0.2) is 46.9 Å². The molecule has 114 valence electrons. The van der Waals surface area contributed by atoms with Crippen molar-refractivity contribution in [3.8, 4) is 0 Å². The Balaban J connectivity index is 3.17. The van der Waals surface area contributed by atoms with Gasteiger partial charge in [0, 0.05) is 13.0 Å². The number of carbonyl (C=O) groups excluding carboxylic acids is 1. The molecule has 0 heterocycles. The van der Waals surface area contributed by atoms with Crippen LogP contribution in [0.4, 0.5) is 0 Å². The SMILES string of the molecule is CCOC(=O)CCCCCNCCCNS(C)(=O)=O. The highest BCUT2D eigenvalue weighted by Crippen LogP contribution is 2.00. The summed E-state index contributed by atoms with van der Waals surface area (Å²) in [6.45, 7) is 4.40. The van der Waals surface area contributed by atoms with Crippen LogP contribution < -0.4 is 10.0 Å². The summed E-state index contributed by atoms with van der Waals surface area (Å²) in [6.07, 6.45) is 5.29. The summed E-state index contributed by atoms with van der Waals surface area (Å²) in [4.78, 5) is 11.0. The molecule has 0 aliphatic carbocycles. The molecule has 0 spiro atoms. The summed E-state index contributed by atoms with van der Waals surface area (Å²) in [5.41, 5.74) is 0. The van der Waals surface area contributed by atoms with Crippen molar-refractivity contribution >= 4 is 16.0 Å². The number of sulfonamides is 1. The average Bonchev–Trinajstić information content (AvgIpc) is 2.30. The lowest BCUT2D eigenvalue weighted by Gasteiger charge is -2.05. The van der Waals surface area contributed by atoms with Crippen molar-refractivity contribution in [2.75, 3.05) is 32.5 Å². The number of rotatable bonds is 12. The first-order valence-corrected chi connectivity index (χ1v) is 8.66. The fraction of sp³-hybridized carbons (Fsp3) is 0.917. The summed E-state index contributed by atoms with van der Waals surface area (Å²) in [7, 11) is -3.06. The maximum absolute atomic E-state index is 11.0. The largest absolute Gasteiger partial charge is 0.466 e.